The number of hydrogen-bond donors (Lipinski definition) is 4. The number of aromatic amines is 1. The predicted octanol–water partition coefficient (Wildman–Crippen LogP) is 1.40. The van der Waals surface area contributed by atoms with Crippen molar-refractivity contribution in [3.8, 4) is 11.1 Å². The highest BCUT2D eigenvalue weighted by molar-refractivity contribution is 5.96. The van der Waals surface area contributed by atoms with Gasteiger partial charge in [0.05, 0.1) is 13.2 Å². The summed E-state index contributed by atoms with van der Waals surface area (Å²) in [4.78, 5) is 38.8. The van der Waals surface area contributed by atoms with Gasteiger partial charge in [-0.2, -0.15) is 0 Å². The summed E-state index contributed by atoms with van der Waals surface area (Å²) in [6.45, 7) is 2.85. The molecule has 0 aliphatic carbocycles. The Balaban J connectivity index is 2.27. The van der Waals surface area contributed by atoms with E-state index in [1.807, 2.05) is 30.3 Å². The zero-order valence-corrected chi connectivity index (χ0v) is 14.5. The van der Waals surface area contributed by atoms with Crippen LogP contribution in [-0.4, -0.2) is 41.3 Å². The molecule has 0 radical (unpaired) electrons. The summed E-state index contributed by atoms with van der Waals surface area (Å²) in [6.07, 6.45) is 0. The van der Waals surface area contributed by atoms with E-state index in [9.17, 15) is 19.5 Å². The molecule has 1 aromatic heterocycles. The molecular weight excluding hydrogens is 338 g/mol. The maximum absolute atomic E-state index is 12.3. The number of urea groups is 1. The van der Waals surface area contributed by atoms with Crippen LogP contribution in [0.5, 0.6) is 0 Å². The van der Waals surface area contributed by atoms with E-state index >= 15 is 0 Å². The Kier molecular flexibility index (Phi) is 6.51. The van der Waals surface area contributed by atoms with Gasteiger partial charge >= 0.3 is 12.0 Å². The van der Waals surface area contributed by atoms with E-state index in [-0.39, 0.29) is 12.3 Å². The van der Waals surface area contributed by atoms with Crippen LogP contribution in [-0.2, 0) is 9.53 Å². The third-order valence-corrected chi connectivity index (χ3v) is 3.55. The van der Waals surface area contributed by atoms with Crippen LogP contribution in [0.15, 0.2) is 41.2 Å². The van der Waals surface area contributed by atoms with Crippen molar-refractivity contribution in [2.45, 2.75) is 19.9 Å². The lowest BCUT2D eigenvalue weighted by Crippen LogP contribution is -2.46. The predicted molar refractivity (Wildman–Crippen MR) is 96.9 cm³/mol. The first kappa shape index (κ1) is 19.2. The van der Waals surface area contributed by atoms with E-state index in [2.05, 4.69) is 15.6 Å². The quantitative estimate of drug-likeness (QED) is 0.581. The molecule has 0 unspecified atom stereocenters. The fourth-order valence-electron chi connectivity index (χ4n) is 2.39. The molecule has 1 aromatic carbocycles. The summed E-state index contributed by atoms with van der Waals surface area (Å²) in [5, 5.41) is 14.0. The lowest BCUT2D eigenvalue weighted by atomic mass is 10.0. The molecule has 26 heavy (non-hydrogen) atoms. The number of benzene rings is 1. The van der Waals surface area contributed by atoms with Gasteiger partial charge in [0.15, 0.2) is 6.04 Å². The summed E-state index contributed by atoms with van der Waals surface area (Å²) < 4.78 is 4.77. The molecule has 8 heteroatoms. The van der Waals surface area contributed by atoms with E-state index < -0.39 is 30.2 Å². The average molecular weight is 359 g/mol. The number of aryl methyl sites for hydroxylation is 1. The lowest BCUT2D eigenvalue weighted by Gasteiger charge is -2.16. The smallest absolute Gasteiger partial charge is 0.331 e. The SMILES string of the molecule is CCOC(=O)[C@H](CO)NC(=O)Nc1c(-c2ccccc2)cc(C)[nH]c1=O. The molecule has 0 spiro atoms. The van der Waals surface area contributed by atoms with Crippen LogP contribution >= 0.6 is 0 Å². The number of nitrogens with one attached hydrogen (secondary N) is 3. The molecule has 0 bridgehead atoms. The number of carbonyl (C=O) groups is 2. The molecule has 1 atom stereocenters. The molecule has 0 aliphatic rings. The maximum Gasteiger partial charge on any atom is 0.331 e. The minimum absolute atomic E-state index is 0.0415. The standard InChI is InChI=1S/C18H21N3O5/c1-3-26-17(24)14(10-22)20-18(25)21-15-13(9-11(2)19-16(15)23)12-7-5-4-6-8-12/h4-9,14,22H,3,10H2,1-2H3,(H,19,23)(H2,20,21,25)/t14-/m0/s1. The Morgan fingerprint density at radius 1 is 1.27 bits per heavy atom. The Morgan fingerprint density at radius 2 is 1.96 bits per heavy atom. The summed E-state index contributed by atoms with van der Waals surface area (Å²) in [5.74, 6) is -0.758. The van der Waals surface area contributed by atoms with Gasteiger partial charge in [-0.25, -0.2) is 9.59 Å². The van der Waals surface area contributed by atoms with Gasteiger partial charge in [0, 0.05) is 11.3 Å². The molecule has 2 amide bonds. The monoisotopic (exact) mass is 359 g/mol. The molecule has 0 fully saturated rings. The third-order valence-electron chi connectivity index (χ3n) is 3.55. The van der Waals surface area contributed by atoms with Crippen molar-refractivity contribution in [3.63, 3.8) is 0 Å². The van der Waals surface area contributed by atoms with Gasteiger partial charge in [-0.1, -0.05) is 30.3 Å². The first-order valence-corrected chi connectivity index (χ1v) is 8.10. The highest BCUT2D eigenvalue weighted by atomic mass is 16.5. The van der Waals surface area contributed by atoms with E-state index in [1.54, 1.807) is 19.9 Å². The van der Waals surface area contributed by atoms with Crippen molar-refractivity contribution in [2.24, 2.45) is 0 Å². The molecular formula is C18H21N3O5. The average Bonchev–Trinajstić information content (AvgIpc) is 2.62. The van der Waals surface area contributed by atoms with Gasteiger partial charge in [-0.3, -0.25) is 4.79 Å². The lowest BCUT2D eigenvalue weighted by molar-refractivity contribution is -0.146. The second kappa shape index (κ2) is 8.82. The van der Waals surface area contributed by atoms with Crippen LogP contribution in [0, 0.1) is 6.92 Å². The minimum atomic E-state index is -1.22. The van der Waals surface area contributed by atoms with E-state index in [4.69, 9.17) is 4.74 Å². The van der Waals surface area contributed by atoms with Gasteiger partial charge in [0.2, 0.25) is 0 Å². The van der Waals surface area contributed by atoms with Gasteiger partial charge in [0.25, 0.3) is 5.56 Å². The molecule has 2 aromatic rings. The van der Waals surface area contributed by atoms with Crippen LogP contribution in [0.1, 0.15) is 12.6 Å². The Labute approximate surface area is 150 Å². The van der Waals surface area contributed by atoms with Gasteiger partial charge < -0.3 is 25.5 Å². The number of pyridine rings is 1. The first-order valence-electron chi connectivity index (χ1n) is 8.10. The number of aliphatic hydroxyl groups is 1. The molecule has 0 saturated heterocycles. The Hall–Kier alpha value is -3.13. The van der Waals surface area contributed by atoms with Crippen molar-refractivity contribution in [1.29, 1.82) is 0 Å². The van der Waals surface area contributed by atoms with Crippen molar-refractivity contribution in [3.05, 3.63) is 52.4 Å². The zero-order valence-electron chi connectivity index (χ0n) is 14.5. The normalized spacial score (nSPS) is 11.5. The van der Waals surface area contributed by atoms with Crippen molar-refractivity contribution >= 4 is 17.7 Å². The first-order chi connectivity index (χ1) is 12.5. The second-order valence-electron chi connectivity index (χ2n) is 5.52. The minimum Gasteiger partial charge on any atom is -0.464 e. The second-order valence-corrected chi connectivity index (χ2v) is 5.52. The Bertz CT molecular complexity index is 832. The van der Waals surface area contributed by atoms with E-state index in [0.717, 1.165) is 5.56 Å². The summed E-state index contributed by atoms with van der Waals surface area (Å²) >= 11 is 0. The zero-order chi connectivity index (χ0) is 19.1. The van der Waals surface area contributed by atoms with Crippen LogP contribution < -0.4 is 16.2 Å². The van der Waals surface area contributed by atoms with Crippen LogP contribution in [0.3, 0.4) is 0 Å². The molecule has 138 valence electrons. The van der Waals surface area contributed by atoms with Gasteiger partial charge in [0.1, 0.15) is 5.69 Å². The fourth-order valence-corrected chi connectivity index (χ4v) is 2.39. The number of aliphatic hydroxyl groups excluding tert-OH is 1. The van der Waals surface area contributed by atoms with Crippen LogP contribution in [0.4, 0.5) is 10.5 Å². The number of H-pyrrole nitrogens is 1. The molecule has 8 nitrogen and oxygen atoms in total. The largest absolute Gasteiger partial charge is 0.464 e. The number of rotatable bonds is 6. The summed E-state index contributed by atoms with van der Waals surface area (Å²) in [6, 6.07) is 8.81. The number of amides is 2. The van der Waals surface area contributed by atoms with Crippen LogP contribution in [0.25, 0.3) is 11.1 Å². The van der Waals surface area contributed by atoms with Crippen molar-refractivity contribution in [2.75, 3.05) is 18.5 Å². The van der Waals surface area contributed by atoms with E-state index in [1.165, 1.54) is 0 Å². The molecule has 1 heterocycles. The van der Waals surface area contributed by atoms with Gasteiger partial charge in [-0.05, 0) is 25.5 Å². The summed E-state index contributed by atoms with van der Waals surface area (Å²) in [7, 11) is 0. The van der Waals surface area contributed by atoms with Gasteiger partial charge in [-0.15, -0.1) is 0 Å². The fraction of sp³-hybridized carbons (Fsp3) is 0.278. The number of hydrogen-bond acceptors (Lipinski definition) is 5. The van der Waals surface area contributed by atoms with Crippen molar-refractivity contribution < 1.29 is 19.4 Å². The van der Waals surface area contributed by atoms with Crippen LogP contribution in [0.2, 0.25) is 0 Å². The maximum atomic E-state index is 12.3. The topological polar surface area (TPSA) is 121 Å². The molecule has 0 saturated carbocycles. The number of aromatic nitrogens is 1. The highest BCUT2D eigenvalue weighted by Gasteiger charge is 2.22. The number of anilines is 1. The van der Waals surface area contributed by atoms with Crippen molar-refractivity contribution in [1.82, 2.24) is 10.3 Å². The highest BCUT2D eigenvalue weighted by Crippen LogP contribution is 2.25. The number of carbonyl (C=O) groups excluding carboxylic acids is 2. The van der Waals surface area contributed by atoms with E-state index in [0.29, 0.717) is 11.3 Å². The Morgan fingerprint density at radius 3 is 2.58 bits per heavy atom. The molecule has 2 rings (SSSR count). The molecule has 0 aliphatic heterocycles. The summed E-state index contributed by atoms with van der Waals surface area (Å²) in [5.41, 5.74) is 1.50. The molecule has 4 N–H and O–H groups in total. The third kappa shape index (κ3) is 4.70. The number of ether oxygens (including phenoxy) is 1. The number of esters is 1.